The number of hydrogen-bond donors (Lipinski definition) is 1. The molecule has 1 amide bonds. The lowest BCUT2D eigenvalue weighted by Gasteiger charge is -2.21. The van der Waals surface area contributed by atoms with E-state index in [1.165, 1.54) is 0 Å². The quantitative estimate of drug-likeness (QED) is 0.922. The van der Waals surface area contributed by atoms with Crippen LogP contribution in [0.1, 0.15) is 19.3 Å². The summed E-state index contributed by atoms with van der Waals surface area (Å²) in [6, 6.07) is 9.17. The van der Waals surface area contributed by atoms with E-state index in [0.717, 1.165) is 11.8 Å². The van der Waals surface area contributed by atoms with Crippen molar-refractivity contribution in [2.24, 2.45) is 0 Å². The molecule has 1 fully saturated rings. The van der Waals surface area contributed by atoms with E-state index in [-0.39, 0.29) is 5.75 Å². The van der Waals surface area contributed by atoms with Crippen molar-refractivity contribution in [1.29, 1.82) is 0 Å². The van der Waals surface area contributed by atoms with Gasteiger partial charge >= 0.3 is 0 Å². The van der Waals surface area contributed by atoms with Crippen molar-refractivity contribution in [2.75, 3.05) is 11.1 Å². The molecule has 0 unspecified atom stereocenters. The summed E-state index contributed by atoms with van der Waals surface area (Å²) >= 11 is 0. The minimum absolute atomic E-state index is 0.0961. The standard InChI is InChI=1S/C15H16N2O3S/c18-15(13-8-1-2-10-21(13,19)20)17-12-7-3-5-11-6-4-9-16-14(11)12/h3-7,9,13H,1-2,8,10H2,(H,17,18)/t13-/m0/s1. The first-order valence-electron chi connectivity index (χ1n) is 6.94. The Kier molecular flexibility index (Phi) is 3.63. The number of nitrogens with zero attached hydrogens (tertiary/aromatic N) is 1. The molecule has 2 heterocycles. The predicted octanol–water partition coefficient (Wildman–Crippen LogP) is 2.14. The molecule has 2 aromatic rings. The monoisotopic (exact) mass is 304 g/mol. The van der Waals surface area contributed by atoms with E-state index in [0.29, 0.717) is 24.0 Å². The Balaban J connectivity index is 1.90. The normalized spacial score (nSPS) is 21.0. The molecule has 1 atom stereocenters. The summed E-state index contributed by atoms with van der Waals surface area (Å²) in [5.74, 6) is -0.355. The second-order valence-corrected chi connectivity index (χ2v) is 7.52. The second-order valence-electron chi connectivity index (χ2n) is 5.22. The number of pyridine rings is 1. The summed E-state index contributed by atoms with van der Waals surface area (Å²) in [6.07, 6.45) is 3.45. The predicted molar refractivity (Wildman–Crippen MR) is 81.8 cm³/mol. The first-order chi connectivity index (χ1) is 10.1. The number of para-hydroxylation sites is 1. The van der Waals surface area contributed by atoms with Gasteiger partial charge in [-0.25, -0.2) is 8.42 Å². The van der Waals surface area contributed by atoms with Crippen LogP contribution < -0.4 is 5.32 Å². The molecule has 0 bridgehead atoms. The molecular weight excluding hydrogens is 288 g/mol. The molecule has 1 saturated heterocycles. The summed E-state index contributed by atoms with van der Waals surface area (Å²) in [6.45, 7) is 0. The van der Waals surface area contributed by atoms with Gasteiger partial charge in [-0.15, -0.1) is 0 Å². The highest BCUT2D eigenvalue weighted by Gasteiger charge is 2.34. The van der Waals surface area contributed by atoms with Gasteiger partial charge in [0.1, 0.15) is 5.25 Å². The Morgan fingerprint density at radius 3 is 2.81 bits per heavy atom. The smallest absolute Gasteiger partial charge is 0.242 e. The molecule has 5 nitrogen and oxygen atoms in total. The van der Waals surface area contributed by atoms with Gasteiger partial charge in [0.15, 0.2) is 9.84 Å². The molecular formula is C15H16N2O3S. The number of sulfone groups is 1. The minimum Gasteiger partial charge on any atom is -0.323 e. The third-order valence-corrected chi connectivity index (χ3v) is 5.94. The maximum Gasteiger partial charge on any atom is 0.242 e. The average Bonchev–Trinajstić information content (AvgIpc) is 2.47. The zero-order valence-corrected chi connectivity index (χ0v) is 12.3. The molecule has 1 N–H and O–H groups in total. The molecule has 1 aliphatic heterocycles. The number of benzene rings is 1. The van der Waals surface area contributed by atoms with E-state index in [2.05, 4.69) is 10.3 Å². The van der Waals surface area contributed by atoms with Gasteiger partial charge in [0, 0.05) is 11.6 Å². The molecule has 1 aliphatic rings. The zero-order chi connectivity index (χ0) is 14.9. The molecule has 1 aromatic heterocycles. The lowest BCUT2D eigenvalue weighted by molar-refractivity contribution is -0.116. The van der Waals surface area contributed by atoms with Gasteiger partial charge in [0.2, 0.25) is 5.91 Å². The van der Waals surface area contributed by atoms with Crippen LogP contribution in [0.25, 0.3) is 10.9 Å². The Hall–Kier alpha value is -1.95. The third kappa shape index (κ3) is 2.76. The number of aromatic nitrogens is 1. The molecule has 0 radical (unpaired) electrons. The number of anilines is 1. The number of rotatable bonds is 2. The van der Waals surface area contributed by atoms with Crippen molar-refractivity contribution in [2.45, 2.75) is 24.5 Å². The van der Waals surface area contributed by atoms with Crippen LogP contribution in [0.5, 0.6) is 0 Å². The SMILES string of the molecule is O=C(Nc1cccc2cccnc12)[C@@H]1CCCCS1(=O)=O. The fourth-order valence-corrected chi connectivity index (χ4v) is 4.47. The molecule has 110 valence electrons. The fraction of sp³-hybridized carbons (Fsp3) is 0.333. The number of hydrogen-bond acceptors (Lipinski definition) is 4. The van der Waals surface area contributed by atoms with Crippen molar-refractivity contribution in [3.8, 4) is 0 Å². The lowest BCUT2D eigenvalue weighted by Crippen LogP contribution is -2.39. The largest absolute Gasteiger partial charge is 0.323 e. The first kappa shape index (κ1) is 14.0. The Morgan fingerprint density at radius 1 is 1.19 bits per heavy atom. The van der Waals surface area contributed by atoms with Crippen LogP contribution in [-0.2, 0) is 14.6 Å². The highest BCUT2D eigenvalue weighted by molar-refractivity contribution is 7.92. The molecule has 0 aliphatic carbocycles. The topological polar surface area (TPSA) is 76.1 Å². The zero-order valence-electron chi connectivity index (χ0n) is 11.5. The molecule has 6 heteroatoms. The van der Waals surface area contributed by atoms with Crippen LogP contribution in [0.3, 0.4) is 0 Å². The van der Waals surface area contributed by atoms with E-state index in [1.54, 1.807) is 12.3 Å². The van der Waals surface area contributed by atoms with Gasteiger partial charge in [-0.2, -0.15) is 0 Å². The van der Waals surface area contributed by atoms with Crippen molar-refractivity contribution in [3.05, 3.63) is 36.5 Å². The lowest BCUT2D eigenvalue weighted by atomic mass is 10.1. The number of amides is 1. The van der Waals surface area contributed by atoms with Crippen LogP contribution in [0.4, 0.5) is 5.69 Å². The summed E-state index contributed by atoms with van der Waals surface area (Å²) < 4.78 is 24.0. The minimum atomic E-state index is -3.33. The molecule has 0 saturated carbocycles. The average molecular weight is 304 g/mol. The molecule has 0 spiro atoms. The van der Waals surface area contributed by atoms with E-state index in [9.17, 15) is 13.2 Å². The summed E-state index contributed by atoms with van der Waals surface area (Å²) in [7, 11) is -3.33. The van der Waals surface area contributed by atoms with Crippen LogP contribution in [0.2, 0.25) is 0 Å². The Morgan fingerprint density at radius 2 is 2.00 bits per heavy atom. The Bertz CT molecular complexity index is 781. The van der Waals surface area contributed by atoms with Gasteiger partial charge in [-0.1, -0.05) is 24.6 Å². The number of fused-ring (bicyclic) bond motifs is 1. The molecule has 21 heavy (non-hydrogen) atoms. The highest BCUT2D eigenvalue weighted by atomic mass is 32.2. The molecule has 1 aromatic carbocycles. The fourth-order valence-electron chi connectivity index (χ4n) is 2.67. The van der Waals surface area contributed by atoms with Gasteiger partial charge < -0.3 is 5.32 Å². The summed E-state index contributed by atoms with van der Waals surface area (Å²) in [5.41, 5.74) is 1.22. The van der Waals surface area contributed by atoms with Gasteiger partial charge in [-0.05, 0) is 25.0 Å². The number of carbonyl (C=O) groups is 1. The Labute approximate surface area is 123 Å². The van der Waals surface area contributed by atoms with E-state index >= 15 is 0 Å². The van der Waals surface area contributed by atoms with Crippen molar-refractivity contribution in [3.63, 3.8) is 0 Å². The second kappa shape index (κ2) is 5.44. The van der Waals surface area contributed by atoms with Crippen LogP contribution in [0.15, 0.2) is 36.5 Å². The van der Waals surface area contributed by atoms with Crippen molar-refractivity contribution >= 4 is 32.3 Å². The summed E-state index contributed by atoms with van der Waals surface area (Å²) in [5, 5.41) is 2.69. The maximum absolute atomic E-state index is 12.3. The maximum atomic E-state index is 12.3. The van der Waals surface area contributed by atoms with E-state index in [1.807, 2.05) is 24.3 Å². The van der Waals surface area contributed by atoms with E-state index in [4.69, 9.17) is 0 Å². The van der Waals surface area contributed by atoms with Crippen LogP contribution in [-0.4, -0.2) is 30.3 Å². The van der Waals surface area contributed by atoms with Gasteiger partial charge in [-0.3, -0.25) is 9.78 Å². The number of nitrogens with one attached hydrogen (secondary N) is 1. The van der Waals surface area contributed by atoms with Gasteiger partial charge in [0.25, 0.3) is 0 Å². The summed E-state index contributed by atoms with van der Waals surface area (Å²) in [4.78, 5) is 16.6. The molecule has 3 rings (SSSR count). The van der Waals surface area contributed by atoms with Crippen molar-refractivity contribution in [1.82, 2.24) is 4.98 Å². The van der Waals surface area contributed by atoms with Crippen molar-refractivity contribution < 1.29 is 13.2 Å². The van der Waals surface area contributed by atoms with Crippen LogP contribution >= 0.6 is 0 Å². The highest BCUT2D eigenvalue weighted by Crippen LogP contribution is 2.24. The van der Waals surface area contributed by atoms with E-state index < -0.39 is 21.0 Å². The van der Waals surface area contributed by atoms with Crippen LogP contribution in [0, 0.1) is 0 Å². The number of carbonyl (C=O) groups excluding carboxylic acids is 1. The third-order valence-electron chi connectivity index (χ3n) is 3.76. The van der Waals surface area contributed by atoms with Gasteiger partial charge in [0.05, 0.1) is 17.0 Å². The first-order valence-corrected chi connectivity index (χ1v) is 8.66.